The molecule has 3 atom stereocenters. The van der Waals surface area contributed by atoms with Crippen molar-refractivity contribution in [3.8, 4) is 5.75 Å². The Kier molecular flexibility index (Phi) is 8.32. The maximum atomic E-state index is 13.0. The van der Waals surface area contributed by atoms with E-state index in [0.717, 1.165) is 38.3 Å². The molecule has 1 aromatic rings. The second-order valence-corrected chi connectivity index (χ2v) is 10.4. The fourth-order valence-corrected chi connectivity index (χ4v) is 4.52. The maximum Gasteiger partial charge on any atom is 0.446 e. The van der Waals surface area contributed by atoms with E-state index in [9.17, 15) is 44.2 Å². The van der Waals surface area contributed by atoms with Crippen LogP contribution >= 0.6 is 0 Å². The van der Waals surface area contributed by atoms with Crippen molar-refractivity contribution in [3.05, 3.63) is 29.8 Å². The number of hydrogen-bond acceptors (Lipinski definition) is 12. The Morgan fingerprint density at radius 3 is 1.97 bits per heavy atom. The van der Waals surface area contributed by atoms with Crippen LogP contribution in [0.25, 0.3) is 0 Å². The van der Waals surface area contributed by atoms with Gasteiger partial charge in [0, 0.05) is 14.0 Å². The lowest BCUT2D eigenvalue weighted by atomic mass is 9.99. The van der Waals surface area contributed by atoms with Gasteiger partial charge in [-0.25, -0.2) is 8.49 Å². The smallest absolute Gasteiger partial charge is 0.362 e. The lowest BCUT2D eigenvalue weighted by molar-refractivity contribution is -0.181. The van der Waals surface area contributed by atoms with Crippen LogP contribution in [-0.4, -0.2) is 86.4 Å². The highest BCUT2D eigenvalue weighted by Crippen LogP contribution is 2.29. The SMILES string of the molecule is COC1(NC(=O)C(NC(C)=O)C(OS(=O)(=O)O)c2ccc(OS(=O)(=O)O)cc2)CN(S(=O)(=O)O)C1=O. The zero-order valence-corrected chi connectivity index (χ0v) is 20.5. The lowest BCUT2D eigenvalue weighted by Crippen LogP contribution is -2.77. The first-order valence-corrected chi connectivity index (χ1v) is 13.3. The van der Waals surface area contributed by atoms with Crippen LogP contribution in [-0.2, 0) is 54.4 Å². The molecular weight excluding hydrogens is 558 g/mol. The summed E-state index contributed by atoms with van der Waals surface area (Å²) in [6.07, 6.45) is -2.06. The van der Waals surface area contributed by atoms with Gasteiger partial charge in [-0.3, -0.25) is 28.0 Å². The van der Waals surface area contributed by atoms with E-state index in [-0.39, 0.29) is 9.87 Å². The van der Waals surface area contributed by atoms with E-state index in [2.05, 4.69) is 8.37 Å². The number of carbonyl (C=O) groups is 3. The largest absolute Gasteiger partial charge is 0.446 e. The number of nitrogens with zero attached hydrogens (tertiary/aromatic N) is 1. The van der Waals surface area contributed by atoms with Crippen LogP contribution in [0.15, 0.2) is 24.3 Å². The minimum Gasteiger partial charge on any atom is -0.362 e. The molecule has 1 aliphatic heterocycles. The van der Waals surface area contributed by atoms with E-state index in [1.165, 1.54) is 0 Å². The van der Waals surface area contributed by atoms with Crippen molar-refractivity contribution in [1.82, 2.24) is 14.9 Å². The van der Waals surface area contributed by atoms with Gasteiger partial charge in [0.05, 0.1) is 6.54 Å². The van der Waals surface area contributed by atoms with Gasteiger partial charge in [-0.1, -0.05) is 12.1 Å². The molecule has 1 fully saturated rings. The number of nitrogens with one attached hydrogen (secondary N) is 2. The number of rotatable bonds is 11. The number of carbonyl (C=O) groups excluding carboxylic acids is 3. The van der Waals surface area contributed by atoms with Gasteiger partial charge in [0.2, 0.25) is 17.5 Å². The molecule has 0 aromatic heterocycles. The fraction of sp³-hybridized carbons (Fsp3) is 0.400. The molecule has 1 heterocycles. The summed E-state index contributed by atoms with van der Waals surface area (Å²) < 4.78 is 108. The molecule has 0 saturated carbocycles. The number of amides is 3. The number of methoxy groups -OCH3 is 1. The van der Waals surface area contributed by atoms with E-state index in [1.54, 1.807) is 0 Å². The average Bonchev–Trinajstić information content (AvgIpc) is 2.70. The fourth-order valence-electron chi connectivity index (χ4n) is 2.98. The molecule has 36 heavy (non-hydrogen) atoms. The van der Waals surface area contributed by atoms with E-state index in [0.29, 0.717) is 0 Å². The van der Waals surface area contributed by atoms with E-state index >= 15 is 0 Å². The van der Waals surface area contributed by atoms with E-state index in [4.69, 9.17) is 13.8 Å². The first-order valence-electron chi connectivity index (χ1n) is 9.14. The van der Waals surface area contributed by atoms with Crippen LogP contribution in [0.5, 0.6) is 5.75 Å². The standard InChI is InChI=1S/C15H19N3O15S3/c1-8(19)16-11(13(20)17-15(31-2)7-18(14(15)21)34(22,23)24)12(33-36(28,29)30)9-3-5-10(6-4-9)32-35(25,26)27/h3-6,11-12H,7H2,1-2H3,(H,16,19)(H,17,20)(H,22,23,24)(H,25,26,27)(H,28,29,30). The van der Waals surface area contributed by atoms with E-state index < -0.39 is 79.0 Å². The highest BCUT2D eigenvalue weighted by atomic mass is 32.3. The first kappa shape index (κ1) is 29.3. The molecule has 1 aliphatic rings. The van der Waals surface area contributed by atoms with Gasteiger partial charge in [-0.05, 0) is 17.7 Å². The van der Waals surface area contributed by atoms with Gasteiger partial charge in [-0.15, -0.1) is 0 Å². The molecule has 2 rings (SSSR count). The lowest BCUT2D eigenvalue weighted by Gasteiger charge is -2.45. The van der Waals surface area contributed by atoms with Gasteiger partial charge >= 0.3 is 31.1 Å². The number of ether oxygens (including phenoxy) is 1. The third-order valence-corrected chi connectivity index (χ3v) is 6.18. The second-order valence-electron chi connectivity index (χ2n) is 7.01. The summed E-state index contributed by atoms with van der Waals surface area (Å²) in [6.45, 7) is 0.0136. The number of hydrogen-bond donors (Lipinski definition) is 5. The third-order valence-electron chi connectivity index (χ3n) is 4.47. The molecule has 3 unspecified atom stereocenters. The van der Waals surface area contributed by atoms with Crippen molar-refractivity contribution in [3.63, 3.8) is 0 Å². The van der Waals surface area contributed by atoms with Gasteiger partial charge in [-0.2, -0.15) is 25.3 Å². The molecule has 0 bridgehead atoms. The molecule has 21 heteroatoms. The molecule has 18 nitrogen and oxygen atoms in total. The van der Waals surface area contributed by atoms with Crippen molar-refractivity contribution in [2.24, 2.45) is 0 Å². The summed E-state index contributed by atoms with van der Waals surface area (Å²) in [5.74, 6) is -4.20. The van der Waals surface area contributed by atoms with Crippen molar-refractivity contribution >= 4 is 48.8 Å². The minimum atomic E-state index is -5.32. The summed E-state index contributed by atoms with van der Waals surface area (Å²) in [7, 11) is -14.3. The van der Waals surface area contributed by atoms with Crippen LogP contribution in [0.2, 0.25) is 0 Å². The monoisotopic (exact) mass is 577 g/mol. The molecule has 0 radical (unpaired) electrons. The summed E-state index contributed by atoms with van der Waals surface area (Å²) in [6, 6.07) is 1.63. The molecule has 0 spiro atoms. The topological polar surface area (TPSA) is 269 Å². The van der Waals surface area contributed by atoms with Gasteiger partial charge in [0.15, 0.2) is 0 Å². The summed E-state index contributed by atoms with van der Waals surface area (Å²) in [4.78, 5) is 37.0. The number of benzene rings is 1. The molecule has 0 aliphatic carbocycles. The Hall–Kier alpha value is -2.92. The average molecular weight is 578 g/mol. The normalized spacial score (nSPS) is 20.1. The van der Waals surface area contributed by atoms with Crippen molar-refractivity contribution in [2.75, 3.05) is 13.7 Å². The molecule has 5 N–H and O–H groups in total. The molecule has 1 aromatic carbocycles. The quantitative estimate of drug-likeness (QED) is 0.102. The first-order chi connectivity index (χ1) is 16.3. The molecule has 1 saturated heterocycles. The Labute approximate surface area is 204 Å². The Balaban J connectivity index is 2.46. The second kappa shape index (κ2) is 10.2. The van der Waals surface area contributed by atoms with Crippen LogP contribution in [0.3, 0.4) is 0 Å². The Bertz CT molecular complexity index is 1360. The molecule has 3 amide bonds. The summed E-state index contributed by atoms with van der Waals surface area (Å²) in [5, 5.41) is 4.02. The van der Waals surface area contributed by atoms with E-state index in [1.807, 2.05) is 10.6 Å². The highest BCUT2D eigenvalue weighted by molar-refractivity contribution is 7.84. The maximum absolute atomic E-state index is 13.0. The van der Waals surface area contributed by atoms with Gasteiger partial charge < -0.3 is 19.6 Å². The number of β-lactam (4-membered cyclic amide) rings is 1. The summed E-state index contributed by atoms with van der Waals surface area (Å²) >= 11 is 0. The van der Waals surface area contributed by atoms with Crippen LogP contribution < -0.4 is 14.8 Å². The highest BCUT2D eigenvalue weighted by Gasteiger charge is 2.59. The Morgan fingerprint density at radius 2 is 1.58 bits per heavy atom. The van der Waals surface area contributed by atoms with Crippen LogP contribution in [0, 0.1) is 0 Å². The van der Waals surface area contributed by atoms with Crippen molar-refractivity contribution in [2.45, 2.75) is 24.8 Å². The third kappa shape index (κ3) is 7.30. The minimum absolute atomic E-state index is 0.0513. The predicted molar refractivity (Wildman–Crippen MR) is 113 cm³/mol. The van der Waals surface area contributed by atoms with Crippen molar-refractivity contribution < 1.29 is 66.4 Å². The zero-order chi connectivity index (χ0) is 27.7. The zero-order valence-electron chi connectivity index (χ0n) is 18.1. The van der Waals surface area contributed by atoms with Crippen LogP contribution in [0.1, 0.15) is 18.6 Å². The van der Waals surface area contributed by atoms with Gasteiger partial charge in [0.25, 0.3) is 5.91 Å². The van der Waals surface area contributed by atoms with Crippen LogP contribution in [0.4, 0.5) is 0 Å². The van der Waals surface area contributed by atoms with Crippen molar-refractivity contribution in [1.29, 1.82) is 0 Å². The Morgan fingerprint density at radius 1 is 1.03 bits per heavy atom. The predicted octanol–water partition coefficient (Wildman–Crippen LogP) is -2.66. The molecular formula is C15H19N3O15S3. The van der Waals surface area contributed by atoms with Gasteiger partial charge in [0.1, 0.15) is 17.9 Å². The molecule has 202 valence electrons. The summed E-state index contributed by atoms with van der Waals surface area (Å²) in [5.41, 5.74) is -2.63.